The van der Waals surface area contributed by atoms with Crippen molar-refractivity contribution in [3.8, 4) is 0 Å². The third-order valence-corrected chi connectivity index (χ3v) is 5.49. The highest BCUT2D eigenvalue weighted by atomic mass is 32.1. The molecule has 3 aromatic heterocycles. The zero-order chi connectivity index (χ0) is 17.4. The molecule has 0 atom stereocenters. The molecule has 4 rings (SSSR count). The summed E-state index contributed by atoms with van der Waals surface area (Å²) in [5.74, 6) is 0. The molecule has 0 N–H and O–H groups in total. The van der Waals surface area contributed by atoms with Crippen molar-refractivity contribution >= 4 is 31.8 Å². The quantitative estimate of drug-likeness (QED) is 0.568. The molecule has 25 heavy (non-hydrogen) atoms. The molecule has 3 heterocycles. The molecule has 0 unspecified atom stereocenters. The minimum Gasteiger partial charge on any atom is -0.292 e. The molecular weight excluding hydrogens is 334 g/mol. The smallest absolute Gasteiger partial charge is 0.292 e. The van der Waals surface area contributed by atoms with E-state index in [0.717, 1.165) is 15.8 Å². The van der Waals surface area contributed by atoms with Gasteiger partial charge in [0.2, 0.25) is 0 Å². The van der Waals surface area contributed by atoms with Gasteiger partial charge in [-0.3, -0.25) is 13.9 Å². The van der Waals surface area contributed by atoms with Gasteiger partial charge in [0.25, 0.3) is 5.56 Å². The summed E-state index contributed by atoms with van der Waals surface area (Å²) in [4.78, 5) is 31.0. The van der Waals surface area contributed by atoms with Crippen molar-refractivity contribution in [3.63, 3.8) is 0 Å². The molecule has 0 aliphatic rings. The van der Waals surface area contributed by atoms with Crippen LogP contribution in [-0.4, -0.2) is 14.1 Å². The molecule has 0 aliphatic heterocycles. The second-order valence-electron chi connectivity index (χ2n) is 5.86. The van der Waals surface area contributed by atoms with Crippen molar-refractivity contribution in [2.75, 3.05) is 0 Å². The Labute approximate surface area is 147 Å². The predicted molar refractivity (Wildman–Crippen MR) is 101 cm³/mol. The summed E-state index contributed by atoms with van der Waals surface area (Å²) in [6, 6.07) is 13.6. The van der Waals surface area contributed by atoms with E-state index in [1.54, 1.807) is 10.8 Å². The highest BCUT2D eigenvalue weighted by molar-refractivity contribution is 7.25. The van der Waals surface area contributed by atoms with Gasteiger partial charge < -0.3 is 0 Å². The number of benzene rings is 1. The van der Waals surface area contributed by atoms with Crippen LogP contribution in [0.1, 0.15) is 12.5 Å². The lowest BCUT2D eigenvalue weighted by Crippen LogP contribution is -2.39. The fourth-order valence-electron chi connectivity index (χ4n) is 3.16. The average molecular weight is 351 g/mol. The number of pyridine rings is 1. The number of aromatic nitrogens is 3. The van der Waals surface area contributed by atoms with Crippen molar-refractivity contribution in [2.24, 2.45) is 0 Å². The van der Waals surface area contributed by atoms with Crippen molar-refractivity contribution < 1.29 is 0 Å². The van der Waals surface area contributed by atoms with E-state index in [4.69, 9.17) is 0 Å². The first kappa shape index (κ1) is 15.8. The summed E-state index contributed by atoms with van der Waals surface area (Å²) in [6.07, 6.45) is 2.36. The minimum absolute atomic E-state index is 0.219. The number of nitrogens with zero attached hydrogens (tertiary/aromatic N) is 3. The lowest BCUT2D eigenvalue weighted by molar-refractivity contribution is 0.584. The van der Waals surface area contributed by atoms with Gasteiger partial charge in [-0.25, -0.2) is 9.78 Å². The van der Waals surface area contributed by atoms with Crippen LogP contribution in [0.15, 0.2) is 58.3 Å². The Morgan fingerprint density at radius 2 is 1.84 bits per heavy atom. The predicted octanol–water partition coefficient (Wildman–Crippen LogP) is 3.04. The number of fused-ring (bicyclic) bond motifs is 3. The van der Waals surface area contributed by atoms with E-state index in [1.165, 1.54) is 15.9 Å². The normalized spacial score (nSPS) is 11.4. The Morgan fingerprint density at radius 3 is 2.60 bits per heavy atom. The van der Waals surface area contributed by atoms with E-state index in [2.05, 4.69) is 4.98 Å². The molecule has 4 aromatic rings. The van der Waals surface area contributed by atoms with Crippen molar-refractivity contribution in [2.45, 2.75) is 26.4 Å². The van der Waals surface area contributed by atoms with Gasteiger partial charge in [-0.05, 0) is 31.0 Å². The lowest BCUT2D eigenvalue weighted by atomic mass is 10.1. The van der Waals surface area contributed by atoms with Crippen LogP contribution in [0.3, 0.4) is 0 Å². The molecule has 0 saturated carbocycles. The Morgan fingerprint density at radius 1 is 1.04 bits per heavy atom. The maximum atomic E-state index is 12.9. The third-order valence-electron chi connectivity index (χ3n) is 4.39. The first-order chi connectivity index (χ1) is 12.2. The molecule has 126 valence electrons. The molecule has 0 spiro atoms. The molecule has 6 heteroatoms. The third kappa shape index (κ3) is 2.59. The SMILES string of the molecule is CCn1c(=O)n(CCc2ccccc2)c(=O)c2sc3ncccc3c21. The van der Waals surface area contributed by atoms with Crippen molar-refractivity contribution in [1.82, 2.24) is 14.1 Å². The Hall–Kier alpha value is -2.73. The second kappa shape index (κ2) is 6.29. The molecule has 0 saturated heterocycles. The zero-order valence-corrected chi connectivity index (χ0v) is 14.6. The standard InChI is InChI=1S/C19H17N3O2S/c1-2-21-15-14-9-6-11-20-17(14)25-16(15)18(23)22(19(21)24)12-10-13-7-4-3-5-8-13/h3-9,11H,2,10,12H2,1H3. The Kier molecular flexibility index (Phi) is 3.97. The highest BCUT2D eigenvalue weighted by Gasteiger charge is 2.17. The van der Waals surface area contributed by atoms with Crippen LogP contribution >= 0.6 is 11.3 Å². The number of hydrogen-bond donors (Lipinski definition) is 0. The minimum atomic E-state index is -0.250. The van der Waals surface area contributed by atoms with Gasteiger partial charge >= 0.3 is 5.69 Å². The largest absolute Gasteiger partial charge is 0.331 e. The highest BCUT2D eigenvalue weighted by Crippen LogP contribution is 2.29. The van der Waals surface area contributed by atoms with Gasteiger partial charge in [0.15, 0.2) is 0 Å². The van der Waals surface area contributed by atoms with E-state index in [1.807, 2.05) is 49.4 Å². The molecule has 0 fully saturated rings. The summed E-state index contributed by atoms with van der Waals surface area (Å²) in [5.41, 5.74) is 1.35. The van der Waals surface area contributed by atoms with Gasteiger partial charge in [0.05, 0.1) is 5.52 Å². The van der Waals surface area contributed by atoms with Crippen LogP contribution in [0.2, 0.25) is 0 Å². The Balaban J connectivity index is 1.92. The van der Waals surface area contributed by atoms with E-state index in [-0.39, 0.29) is 11.2 Å². The van der Waals surface area contributed by atoms with E-state index >= 15 is 0 Å². The van der Waals surface area contributed by atoms with Crippen LogP contribution in [0, 0.1) is 0 Å². The second-order valence-corrected chi connectivity index (χ2v) is 6.85. The van der Waals surface area contributed by atoms with E-state index < -0.39 is 0 Å². The lowest BCUT2D eigenvalue weighted by Gasteiger charge is -2.11. The van der Waals surface area contributed by atoms with Gasteiger partial charge in [0.1, 0.15) is 9.53 Å². The molecular formula is C19H17N3O2S. The number of hydrogen-bond acceptors (Lipinski definition) is 4. The summed E-state index contributed by atoms with van der Waals surface area (Å²) in [7, 11) is 0. The van der Waals surface area contributed by atoms with Crippen LogP contribution in [0.4, 0.5) is 0 Å². The molecule has 5 nitrogen and oxygen atoms in total. The number of aryl methyl sites for hydroxylation is 2. The topological polar surface area (TPSA) is 56.9 Å². The van der Waals surface area contributed by atoms with Crippen LogP contribution < -0.4 is 11.2 Å². The number of rotatable bonds is 4. The molecule has 0 bridgehead atoms. The summed E-state index contributed by atoms with van der Waals surface area (Å²) >= 11 is 1.36. The first-order valence-electron chi connectivity index (χ1n) is 8.25. The molecule has 0 aliphatic carbocycles. The van der Waals surface area contributed by atoms with Crippen molar-refractivity contribution in [3.05, 3.63) is 75.1 Å². The summed E-state index contributed by atoms with van der Waals surface area (Å²) in [6.45, 7) is 2.81. The van der Waals surface area contributed by atoms with Crippen LogP contribution in [0.25, 0.3) is 20.4 Å². The molecule has 1 aromatic carbocycles. The van der Waals surface area contributed by atoms with E-state index in [0.29, 0.717) is 29.7 Å². The maximum Gasteiger partial charge on any atom is 0.331 e. The monoisotopic (exact) mass is 351 g/mol. The summed E-state index contributed by atoms with van der Waals surface area (Å²) in [5, 5.41) is 0.869. The summed E-state index contributed by atoms with van der Waals surface area (Å²) < 4.78 is 3.64. The van der Waals surface area contributed by atoms with Gasteiger partial charge in [-0.1, -0.05) is 30.3 Å². The van der Waals surface area contributed by atoms with Gasteiger partial charge in [0, 0.05) is 24.7 Å². The fraction of sp³-hybridized carbons (Fsp3) is 0.211. The Bertz CT molecular complexity index is 1170. The van der Waals surface area contributed by atoms with Crippen molar-refractivity contribution in [1.29, 1.82) is 0 Å². The average Bonchev–Trinajstić information content (AvgIpc) is 3.03. The number of thiophene rings is 1. The van der Waals surface area contributed by atoms with Gasteiger partial charge in [-0.15, -0.1) is 11.3 Å². The fourth-order valence-corrected chi connectivity index (χ4v) is 4.26. The van der Waals surface area contributed by atoms with E-state index in [9.17, 15) is 9.59 Å². The van der Waals surface area contributed by atoms with Gasteiger partial charge in [-0.2, -0.15) is 0 Å². The molecule has 0 radical (unpaired) electrons. The zero-order valence-electron chi connectivity index (χ0n) is 13.8. The maximum absolute atomic E-state index is 12.9. The van der Waals surface area contributed by atoms with Crippen LogP contribution in [0.5, 0.6) is 0 Å². The molecule has 0 amide bonds. The van der Waals surface area contributed by atoms with Crippen LogP contribution in [-0.2, 0) is 19.5 Å². The first-order valence-corrected chi connectivity index (χ1v) is 9.07.